The molecule has 0 spiro atoms. The van der Waals surface area contributed by atoms with Gasteiger partial charge in [0.25, 0.3) is 5.56 Å². The van der Waals surface area contributed by atoms with Crippen molar-refractivity contribution in [2.45, 2.75) is 61.9 Å². The van der Waals surface area contributed by atoms with Crippen molar-refractivity contribution in [1.29, 1.82) is 0 Å². The number of hydrogen-bond donors (Lipinski definition) is 1. The molecule has 0 bridgehead atoms. The van der Waals surface area contributed by atoms with Crippen LogP contribution in [-0.2, 0) is 22.7 Å². The Bertz CT molecular complexity index is 1050. The Morgan fingerprint density at radius 2 is 1.83 bits per heavy atom. The van der Waals surface area contributed by atoms with E-state index in [1.807, 2.05) is 6.92 Å². The second-order valence-electron chi connectivity index (χ2n) is 7.87. The maximum absolute atomic E-state index is 12.5. The van der Waals surface area contributed by atoms with E-state index in [4.69, 9.17) is 0 Å². The van der Waals surface area contributed by atoms with Gasteiger partial charge in [0.05, 0.1) is 16.3 Å². The number of thioether (sulfide) groups is 1. The first-order chi connectivity index (χ1) is 14.3. The molecule has 1 aromatic heterocycles. The number of Topliss-reactive ketones (excluding diaryl/α,β-unsaturated/α-hetero) is 1. The largest absolute Gasteiger partial charge is 0.301 e. The molecule has 0 atom stereocenters. The Kier molecular flexibility index (Phi) is 7.52. The van der Waals surface area contributed by atoms with Crippen LogP contribution >= 0.6 is 11.8 Å². The van der Waals surface area contributed by atoms with Crippen molar-refractivity contribution in [2.75, 3.05) is 12.0 Å². The van der Waals surface area contributed by atoms with Gasteiger partial charge in [-0.05, 0) is 30.9 Å². The van der Waals surface area contributed by atoms with Crippen LogP contribution in [0.4, 0.5) is 0 Å². The van der Waals surface area contributed by atoms with E-state index in [-0.39, 0.29) is 22.0 Å². The maximum atomic E-state index is 12.5. The number of nitrogens with zero attached hydrogens (tertiary/aromatic N) is 1. The summed E-state index contributed by atoms with van der Waals surface area (Å²) in [5, 5.41) is 0.462. The minimum atomic E-state index is -3.30. The van der Waals surface area contributed by atoms with Gasteiger partial charge in [-0.25, -0.2) is 13.4 Å². The first-order valence-corrected chi connectivity index (χ1v) is 13.2. The fourth-order valence-electron chi connectivity index (χ4n) is 3.89. The van der Waals surface area contributed by atoms with Crippen molar-refractivity contribution in [3.05, 3.63) is 51.4 Å². The predicted molar refractivity (Wildman–Crippen MR) is 119 cm³/mol. The number of aromatic nitrogens is 2. The van der Waals surface area contributed by atoms with Gasteiger partial charge in [0, 0.05) is 17.4 Å². The van der Waals surface area contributed by atoms with E-state index in [9.17, 15) is 18.0 Å². The summed E-state index contributed by atoms with van der Waals surface area (Å²) in [6.45, 7) is 1.97. The minimum absolute atomic E-state index is 0.120. The lowest BCUT2D eigenvalue weighted by molar-refractivity contribution is 0.102. The standard InChI is InChI=1S/C22H28N2O4S2/c1-3-18-19(13-15-7-5-4-6-8-15)23-22(24-21(18)26)29-14-20(25)16-9-11-17(12-10-16)30(2,27)28/h9-12,15H,3-8,13-14H2,1-2H3,(H,23,24,26). The maximum Gasteiger partial charge on any atom is 0.254 e. The molecule has 30 heavy (non-hydrogen) atoms. The molecule has 8 heteroatoms. The molecule has 3 rings (SSSR count). The molecule has 1 aromatic carbocycles. The fraction of sp³-hybridized carbons (Fsp3) is 0.500. The van der Waals surface area contributed by atoms with Crippen LogP contribution in [0.1, 0.15) is 60.6 Å². The Morgan fingerprint density at radius 1 is 1.17 bits per heavy atom. The summed E-state index contributed by atoms with van der Waals surface area (Å²) in [5.41, 5.74) is 1.92. The highest BCUT2D eigenvalue weighted by molar-refractivity contribution is 7.99. The van der Waals surface area contributed by atoms with Crippen molar-refractivity contribution in [3.63, 3.8) is 0 Å². The van der Waals surface area contributed by atoms with Crippen LogP contribution in [0.25, 0.3) is 0 Å². The fourth-order valence-corrected chi connectivity index (χ4v) is 5.30. The van der Waals surface area contributed by atoms with Gasteiger partial charge >= 0.3 is 0 Å². The van der Waals surface area contributed by atoms with Crippen molar-refractivity contribution >= 4 is 27.4 Å². The van der Waals surface area contributed by atoms with E-state index >= 15 is 0 Å². The third-order valence-electron chi connectivity index (χ3n) is 5.58. The summed E-state index contributed by atoms with van der Waals surface area (Å²) < 4.78 is 23.1. The molecular formula is C22H28N2O4S2. The number of aromatic amines is 1. The van der Waals surface area contributed by atoms with E-state index < -0.39 is 9.84 Å². The average Bonchev–Trinajstić information content (AvgIpc) is 2.72. The lowest BCUT2D eigenvalue weighted by Crippen LogP contribution is -2.21. The topological polar surface area (TPSA) is 97.0 Å². The molecule has 2 aromatic rings. The number of benzene rings is 1. The molecule has 0 aliphatic heterocycles. The predicted octanol–water partition coefficient (Wildman–Crippen LogP) is 3.83. The summed E-state index contributed by atoms with van der Waals surface area (Å²) in [6.07, 6.45) is 8.72. The normalized spacial score (nSPS) is 15.3. The molecular weight excluding hydrogens is 420 g/mol. The second-order valence-corrected chi connectivity index (χ2v) is 10.8. The number of hydrogen-bond acceptors (Lipinski definition) is 6. The Labute approximate surface area is 181 Å². The van der Waals surface area contributed by atoms with Gasteiger partial charge in [0.1, 0.15) is 0 Å². The van der Waals surface area contributed by atoms with Gasteiger partial charge < -0.3 is 4.98 Å². The summed E-state index contributed by atoms with van der Waals surface area (Å²) in [5.74, 6) is 0.553. The van der Waals surface area contributed by atoms with Crippen molar-refractivity contribution < 1.29 is 13.2 Å². The van der Waals surface area contributed by atoms with Gasteiger partial charge in [-0.2, -0.15) is 0 Å². The molecule has 1 saturated carbocycles. The van der Waals surface area contributed by atoms with Gasteiger partial charge in [-0.15, -0.1) is 0 Å². The molecule has 0 unspecified atom stereocenters. The quantitative estimate of drug-likeness (QED) is 0.374. The number of H-pyrrole nitrogens is 1. The van der Waals surface area contributed by atoms with E-state index in [2.05, 4.69) is 9.97 Å². The van der Waals surface area contributed by atoms with Crippen LogP contribution in [0, 0.1) is 5.92 Å². The number of nitrogens with one attached hydrogen (secondary N) is 1. The van der Waals surface area contributed by atoms with Crippen molar-refractivity contribution in [1.82, 2.24) is 9.97 Å². The first-order valence-electron chi connectivity index (χ1n) is 10.4. The molecule has 1 fully saturated rings. The highest BCUT2D eigenvalue weighted by Crippen LogP contribution is 2.27. The Balaban J connectivity index is 1.71. The van der Waals surface area contributed by atoms with E-state index in [0.717, 1.165) is 23.9 Å². The minimum Gasteiger partial charge on any atom is -0.301 e. The molecule has 6 nitrogen and oxygen atoms in total. The number of sulfone groups is 1. The van der Waals surface area contributed by atoms with Gasteiger partial charge in [0.2, 0.25) is 0 Å². The Morgan fingerprint density at radius 3 is 2.43 bits per heavy atom. The zero-order chi connectivity index (χ0) is 21.7. The van der Waals surface area contributed by atoms with Gasteiger partial charge in [-0.1, -0.05) is 62.9 Å². The third kappa shape index (κ3) is 5.82. The SMILES string of the molecule is CCc1c(CC2CCCCC2)nc(SCC(=O)c2ccc(S(C)(=O)=O)cc2)[nH]c1=O. The molecule has 1 aliphatic rings. The molecule has 1 aliphatic carbocycles. The van der Waals surface area contributed by atoms with Crippen LogP contribution in [0.2, 0.25) is 0 Å². The summed E-state index contributed by atoms with van der Waals surface area (Å²) in [7, 11) is -3.30. The Hall–Kier alpha value is -1.93. The highest BCUT2D eigenvalue weighted by atomic mass is 32.2. The van der Waals surface area contributed by atoms with Crippen LogP contribution in [-0.4, -0.2) is 36.2 Å². The second kappa shape index (κ2) is 9.92. The molecule has 1 N–H and O–H groups in total. The smallest absolute Gasteiger partial charge is 0.254 e. The lowest BCUT2D eigenvalue weighted by Gasteiger charge is -2.22. The average molecular weight is 449 g/mol. The summed E-state index contributed by atoms with van der Waals surface area (Å²) in [6, 6.07) is 5.91. The number of carbonyl (C=O) groups excluding carboxylic acids is 1. The van der Waals surface area contributed by atoms with Crippen LogP contribution in [0.15, 0.2) is 39.1 Å². The molecule has 0 radical (unpaired) electrons. The number of ketones is 1. The van der Waals surface area contributed by atoms with Crippen LogP contribution in [0.3, 0.4) is 0 Å². The van der Waals surface area contributed by atoms with E-state index in [1.54, 1.807) is 0 Å². The number of carbonyl (C=O) groups is 1. The van der Waals surface area contributed by atoms with Gasteiger partial charge in [0.15, 0.2) is 20.8 Å². The van der Waals surface area contributed by atoms with Gasteiger partial charge in [-0.3, -0.25) is 9.59 Å². The molecule has 0 saturated heterocycles. The van der Waals surface area contributed by atoms with Crippen LogP contribution in [0.5, 0.6) is 0 Å². The summed E-state index contributed by atoms with van der Waals surface area (Å²) >= 11 is 1.21. The summed E-state index contributed by atoms with van der Waals surface area (Å²) in [4.78, 5) is 32.7. The number of rotatable bonds is 8. The van der Waals surface area contributed by atoms with Crippen molar-refractivity contribution in [3.8, 4) is 0 Å². The van der Waals surface area contributed by atoms with Crippen LogP contribution < -0.4 is 5.56 Å². The zero-order valence-corrected chi connectivity index (χ0v) is 19.1. The van der Waals surface area contributed by atoms with E-state index in [0.29, 0.717) is 23.1 Å². The monoisotopic (exact) mass is 448 g/mol. The first kappa shape index (κ1) is 22.7. The molecule has 0 amide bonds. The zero-order valence-electron chi connectivity index (χ0n) is 17.4. The highest BCUT2D eigenvalue weighted by Gasteiger charge is 2.19. The lowest BCUT2D eigenvalue weighted by atomic mass is 9.85. The third-order valence-corrected chi connectivity index (χ3v) is 7.59. The molecule has 162 valence electrons. The molecule has 1 heterocycles. The van der Waals surface area contributed by atoms with Crippen molar-refractivity contribution in [2.24, 2.45) is 5.92 Å². The van der Waals surface area contributed by atoms with E-state index in [1.165, 1.54) is 68.1 Å².